The summed E-state index contributed by atoms with van der Waals surface area (Å²) in [6.45, 7) is 8.86. The van der Waals surface area contributed by atoms with Gasteiger partial charge in [0.15, 0.2) is 5.88 Å². The fraction of sp³-hybridized carbons (Fsp3) is 0.286. The van der Waals surface area contributed by atoms with Gasteiger partial charge in [-0.1, -0.05) is 68.1 Å². The zero-order chi connectivity index (χ0) is 16.4. The van der Waals surface area contributed by atoms with Crippen molar-refractivity contribution in [2.24, 2.45) is 0 Å². The molecule has 2 radical (unpaired) electrons. The van der Waals surface area contributed by atoms with E-state index in [0.29, 0.717) is 0 Å². The molecule has 1 heterocycles. The Hall–Kier alpha value is -1.67. The average Bonchev–Trinajstić information content (AvgIpc) is 3.00. The number of thioether (sulfide) groups is 1. The van der Waals surface area contributed by atoms with E-state index in [-0.39, 0.29) is 0 Å². The maximum Gasteiger partial charge on any atom is 0.169 e. The smallest absolute Gasteiger partial charge is 0.169 e. The zero-order valence-electron chi connectivity index (χ0n) is 14.3. The lowest BCUT2D eigenvalue weighted by molar-refractivity contribution is 0.977. The van der Waals surface area contributed by atoms with Gasteiger partial charge in [0.1, 0.15) is 0 Å². The van der Waals surface area contributed by atoms with Gasteiger partial charge in [0.2, 0.25) is 0 Å². The van der Waals surface area contributed by atoms with Gasteiger partial charge in [0.05, 0.1) is 5.69 Å². The molecule has 0 saturated heterocycles. The van der Waals surface area contributed by atoms with Crippen LogP contribution in [0.2, 0.25) is 0 Å². The van der Waals surface area contributed by atoms with Crippen LogP contribution in [0.15, 0.2) is 53.1 Å². The van der Waals surface area contributed by atoms with Crippen molar-refractivity contribution in [2.45, 2.75) is 40.5 Å². The molecule has 0 N–H and O–H groups in total. The van der Waals surface area contributed by atoms with Crippen LogP contribution in [0.4, 0.5) is 5.69 Å². The van der Waals surface area contributed by atoms with Gasteiger partial charge in [-0.2, -0.15) is 0 Å². The third kappa shape index (κ3) is 2.92. The van der Waals surface area contributed by atoms with Gasteiger partial charge in [-0.3, -0.25) is 0 Å². The van der Waals surface area contributed by atoms with Crippen molar-refractivity contribution in [2.75, 3.05) is 4.90 Å². The minimum Gasteiger partial charge on any atom is -0.322 e. The second-order valence-electron chi connectivity index (χ2n) is 5.89. The first-order valence-corrected chi connectivity index (χ1v) is 9.09. The minimum atomic E-state index is 1.03. The summed E-state index contributed by atoms with van der Waals surface area (Å²) in [6.07, 6.45) is 2.10. The van der Waals surface area contributed by atoms with Crippen molar-refractivity contribution in [3.63, 3.8) is 0 Å². The number of hydrogen-bond donors (Lipinski definition) is 0. The summed E-state index contributed by atoms with van der Waals surface area (Å²) in [5.41, 5.74) is 7.88. The fourth-order valence-electron chi connectivity index (χ4n) is 3.21. The first kappa shape index (κ1) is 16.2. The van der Waals surface area contributed by atoms with Crippen LogP contribution in [-0.4, -0.2) is 0 Å². The highest BCUT2D eigenvalue weighted by atomic mass is 32.2. The number of anilines is 1. The zero-order valence-corrected chi connectivity index (χ0v) is 15.1. The standard InChI is InChI=1S/C21H23NS/c1-5-18-19(6-2)23-14-22(18)21-16(4)13-12-15(3)20(21)17-10-8-7-9-11-17/h7-13H,5-6H2,1-4H3. The summed E-state index contributed by atoms with van der Waals surface area (Å²) >= 11 is 1.75. The van der Waals surface area contributed by atoms with Crippen LogP contribution >= 0.6 is 11.8 Å². The van der Waals surface area contributed by atoms with Crippen molar-refractivity contribution in [1.82, 2.24) is 0 Å². The maximum atomic E-state index is 3.53. The number of aryl methyl sites for hydroxylation is 2. The van der Waals surface area contributed by atoms with Gasteiger partial charge in [-0.25, -0.2) is 0 Å². The quantitative estimate of drug-likeness (QED) is 0.628. The third-order valence-electron chi connectivity index (χ3n) is 4.38. The second-order valence-corrected chi connectivity index (χ2v) is 6.77. The van der Waals surface area contributed by atoms with Gasteiger partial charge in [0, 0.05) is 16.2 Å². The molecular formula is C21H23NS. The third-order valence-corrected chi connectivity index (χ3v) is 5.43. The number of hydrogen-bond acceptors (Lipinski definition) is 2. The number of benzene rings is 2. The molecule has 1 nitrogen and oxygen atoms in total. The van der Waals surface area contributed by atoms with E-state index >= 15 is 0 Å². The summed E-state index contributed by atoms with van der Waals surface area (Å²) in [5, 5.41) is 0. The molecule has 1 aliphatic rings. The fourth-order valence-corrected chi connectivity index (χ4v) is 4.11. The number of nitrogens with zero attached hydrogens (tertiary/aromatic N) is 1. The Morgan fingerprint density at radius 3 is 2.26 bits per heavy atom. The highest BCUT2D eigenvalue weighted by Crippen LogP contribution is 2.47. The Morgan fingerprint density at radius 2 is 1.61 bits per heavy atom. The van der Waals surface area contributed by atoms with Crippen molar-refractivity contribution in [3.8, 4) is 11.1 Å². The van der Waals surface area contributed by atoms with E-state index in [1.54, 1.807) is 11.8 Å². The van der Waals surface area contributed by atoms with Gasteiger partial charge >= 0.3 is 0 Å². The molecule has 2 aromatic carbocycles. The van der Waals surface area contributed by atoms with E-state index in [4.69, 9.17) is 0 Å². The molecule has 23 heavy (non-hydrogen) atoms. The van der Waals surface area contributed by atoms with E-state index in [2.05, 4.69) is 80.9 Å². The highest BCUT2D eigenvalue weighted by molar-refractivity contribution is 8.05. The maximum absolute atomic E-state index is 3.53. The van der Waals surface area contributed by atoms with E-state index in [0.717, 1.165) is 12.8 Å². The van der Waals surface area contributed by atoms with Crippen molar-refractivity contribution >= 4 is 17.4 Å². The van der Waals surface area contributed by atoms with Gasteiger partial charge < -0.3 is 4.90 Å². The molecule has 0 amide bonds. The Bertz CT molecular complexity index is 731. The van der Waals surface area contributed by atoms with Crippen molar-refractivity contribution < 1.29 is 0 Å². The molecule has 2 aromatic rings. The molecule has 0 bridgehead atoms. The van der Waals surface area contributed by atoms with Crippen LogP contribution in [0.1, 0.15) is 37.8 Å². The summed E-state index contributed by atoms with van der Waals surface area (Å²) < 4.78 is 0. The predicted octanol–water partition coefficient (Wildman–Crippen LogP) is 6.55. The number of allylic oxidation sites excluding steroid dienone is 2. The second kappa shape index (κ2) is 6.84. The molecule has 0 fully saturated rings. The Balaban J connectivity index is 2.21. The van der Waals surface area contributed by atoms with Gasteiger partial charge in [-0.05, 0) is 43.4 Å². The van der Waals surface area contributed by atoms with E-state index in [1.807, 2.05) is 0 Å². The molecule has 0 atom stereocenters. The number of rotatable bonds is 4. The van der Waals surface area contributed by atoms with E-state index in [1.165, 1.54) is 38.5 Å². The molecule has 0 saturated carbocycles. The van der Waals surface area contributed by atoms with Crippen LogP contribution in [0.3, 0.4) is 0 Å². The van der Waals surface area contributed by atoms with Crippen LogP contribution in [-0.2, 0) is 0 Å². The summed E-state index contributed by atoms with van der Waals surface area (Å²) in [6, 6.07) is 15.1. The lowest BCUT2D eigenvalue weighted by Crippen LogP contribution is -2.17. The van der Waals surface area contributed by atoms with Crippen LogP contribution in [0.25, 0.3) is 11.1 Å². The normalized spacial score (nSPS) is 14.7. The van der Waals surface area contributed by atoms with Gasteiger partial charge in [0.25, 0.3) is 0 Å². The summed E-state index contributed by atoms with van der Waals surface area (Å²) in [4.78, 5) is 3.74. The van der Waals surface area contributed by atoms with E-state index < -0.39 is 0 Å². The summed E-state index contributed by atoms with van der Waals surface area (Å²) in [5.74, 6) is 3.53. The summed E-state index contributed by atoms with van der Waals surface area (Å²) in [7, 11) is 0. The lowest BCUT2D eigenvalue weighted by Gasteiger charge is -2.27. The molecule has 0 aliphatic carbocycles. The molecular weight excluding hydrogens is 298 g/mol. The highest BCUT2D eigenvalue weighted by Gasteiger charge is 2.27. The molecule has 1 aliphatic heterocycles. The molecule has 0 aromatic heterocycles. The first-order chi connectivity index (χ1) is 11.2. The topological polar surface area (TPSA) is 3.24 Å². The van der Waals surface area contributed by atoms with Crippen LogP contribution < -0.4 is 4.90 Å². The van der Waals surface area contributed by atoms with E-state index in [9.17, 15) is 0 Å². The molecule has 118 valence electrons. The van der Waals surface area contributed by atoms with Gasteiger partial charge in [-0.15, -0.1) is 0 Å². The lowest BCUT2D eigenvalue weighted by atomic mass is 9.94. The Labute approximate surface area is 144 Å². The Kier molecular flexibility index (Phi) is 4.82. The largest absolute Gasteiger partial charge is 0.322 e. The molecule has 0 spiro atoms. The predicted molar refractivity (Wildman–Crippen MR) is 102 cm³/mol. The van der Waals surface area contributed by atoms with Crippen molar-refractivity contribution in [1.29, 1.82) is 0 Å². The van der Waals surface area contributed by atoms with Crippen LogP contribution in [0.5, 0.6) is 0 Å². The molecule has 3 rings (SSSR count). The Morgan fingerprint density at radius 1 is 0.913 bits per heavy atom. The van der Waals surface area contributed by atoms with Crippen molar-refractivity contribution in [3.05, 3.63) is 70.1 Å². The SMILES string of the molecule is CCC1=C(CC)N(c2c(C)ccc(C)c2-c2ccccc2)[C]S1. The average molecular weight is 321 g/mol. The molecule has 0 unspecified atom stereocenters. The minimum absolute atomic E-state index is 1.03. The monoisotopic (exact) mass is 321 g/mol. The molecule has 2 heteroatoms. The first-order valence-electron chi connectivity index (χ1n) is 8.27. The van der Waals surface area contributed by atoms with Crippen LogP contribution in [0, 0.1) is 19.7 Å².